The molecule has 2 aromatic rings. The van der Waals surface area contributed by atoms with Gasteiger partial charge in [0.05, 0.1) is 10.6 Å². The molecule has 0 aliphatic rings. The number of para-hydroxylation sites is 1. The molecule has 8 nitrogen and oxygen atoms in total. The number of hydrazone groups is 1. The van der Waals surface area contributed by atoms with Crippen molar-refractivity contribution in [3.63, 3.8) is 0 Å². The van der Waals surface area contributed by atoms with Gasteiger partial charge in [0.2, 0.25) is 0 Å². The van der Waals surface area contributed by atoms with Gasteiger partial charge < -0.3 is 5.32 Å². The highest BCUT2D eigenvalue weighted by atomic mass is 16.6. The fraction of sp³-hybridized carbons (Fsp3) is 0.167. The van der Waals surface area contributed by atoms with Crippen LogP contribution in [0.4, 0.5) is 11.4 Å². The summed E-state index contributed by atoms with van der Waals surface area (Å²) in [6.07, 6.45) is 0.718. The zero-order valence-electron chi connectivity index (χ0n) is 14.4. The number of nitro benzene ring substituents is 1. The summed E-state index contributed by atoms with van der Waals surface area (Å²) in [5.41, 5.74) is 4.63. The van der Waals surface area contributed by atoms with E-state index in [1.54, 1.807) is 19.1 Å². The van der Waals surface area contributed by atoms with Crippen LogP contribution in [0.1, 0.15) is 25.0 Å². The number of carbonyl (C=O) groups excluding carboxylic acids is 2. The summed E-state index contributed by atoms with van der Waals surface area (Å²) in [5.74, 6) is -1.73. The van der Waals surface area contributed by atoms with Crippen molar-refractivity contribution in [1.29, 1.82) is 0 Å². The van der Waals surface area contributed by atoms with Crippen molar-refractivity contribution in [2.75, 3.05) is 5.32 Å². The zero-order chi connectivity index (χ0) is 19.1. The molecule has 2 aromatic carbocycles. The van der Waals surface area contributed by atoms with Gasteiger partial charge in [0.1, 0.15) is 0 Å². The molecule has 134 valence electrons. The van der Waals surface area contributed by atoms with E-state index in [0.717, 1.165) is 12.0 Å². The smallest absolute Gasteiger partial charge is 0.317 e. The van der Waals surface area contributed by atoms with Crippen LogP contribution in [0, 0.1) is 10.1 Å². The first-order valence-electron chi connectivity index (χ1n) is 7.90. The highest BCUT2D eigenvalue weighted by molar-refractivity contribution is 6.39. The molecule has 0 aromatic heterocycles. The summed E-state index contributed by atoms with van der Waals surface area (Å²) in [6.45, 7) is 3.56. The van der Waals surface area contributed by atoms with E-state index in [1.807, 2.05) is 19.1 Å². The average molecular weight is 354 g/mol. The maximum atomic E-state index is 12.0. The molecule has 2 amide bonds. The van der Waals surface area contributed by atoms with Crippen LogP contribution in [0.15, 0.2) is 53.6 Å². The number of hydrogen-bond donors (Lipinski definition) is 2. The molecule has 0 aliphatic heterocycles. The van der Waals surface area contributed by atoms with Crippen molar-refractivity contribution in [2.45, 2.75) is 20.3 Å². The summed E-state index contributed by atoms with van der Waals surface area (Å²) in [5, 5.41) is 17.1. The van der Waals surface area contributed by atoms with Crippen LogP contribution in [0.2, 0.25) is 0 Å². The number of carbonyl (C=O) groups is 2. The van der Waals surface area contributed by atoms with Gasteiger partial charge in [-0.25, -0.2) is 5.43 Å². The van der Waals surface area contributed by atoms with Crippen LogP contribution >= 0.6 is 0 Å². The normalized spacial score (nSPS) is 10.9. The first-order chi connectivity index (χ1) is 12.4. The monoisotopic (exact) mass is 354 g/mol. The van der Waals surface area contributed by atoms with Crippen LogP contribution in [0.25, 0.3) is 0 Å². The molecule has 0 heterocycles. The van der Waals surface area contributed by atoms with Gasteiger partial charge in [0.25, 0.3) is 5.69 Å². The third-order valence-electron chi connectivity index (χ3n) is 3.67. The van der Waals surface area contributed by atoms with Crippen LogP contribution in [-0.2, 0) is 16.0 Å². The number of amides is 2. The third kappa shape index (κ3) is 4.73. The summed E-state index contributed by atoms with van der Waals surface area (Å²) in [4.78, 5) is 34.0. The Hall–Kier alpha value is -3.55. The molecule has 0 unspecified atom stereocenters. The van der Waals surface area contributed by atoms with E-state index >= 15 is 0 Å². The number of aryl methyl sites for hydroxylation is 1. The molecule has 2 rings (SSSR count). The highest BCUT2D eigenvalue weighted by Gasteiger charge is 2.14. The van der Waals surface area contributed by atoms with Crippen LogP contribution in [-0.4, -0.2) is 22.4 Å². The van der Waals surface area contributed by atoms with Gasteiger partial charge in [0.15, 0.2) is 0 Å². The minimum atomic E-state index is -0.905. The number of nitro groups is 1. The number of rotatable bonds is 5. The van der Waals surface area contributed by atoms with Crippen molar-refractivity contribution in [2.24, 2.45) is 5.10 Å². The van der Waals surface area contributed by atoms with E-state index in [2.05, 4.69) is 15.8 Å². The standard InChI is InChI=1S/C18H18N4O4/c1-3-13-6-4-5-7-16(13)19-17(23)18(24)21-20-12(2)14-8-10-15(11-9-14)22(25)26/h4-11H,3H2,1-2H3,(H,19,23)(H,21,24)/b20-12+. The van der Waals surface area contributed by atoms with Crippen molar-refractivity contribution in [3.8, 4) is 0 Å². The molecule has 0 radical (unpaired) electrons. The number of non-ortho nitro benzene ring substituents is 1. The second-order valence-electron chi connectivity index (χ2n) is 5.41. The quantitative estimate of drug-likeness (QED) is 0.372. The number of benzene rings is 2. The number of nitrogens with zero attached hydrogens (tertiary/aromatic N) is 2. The lowest BCUT2D eigenvalue weighted by Crippen LogP contribution is -2.33. The van der Waals surface area contributed by atoms with E-state index in [9.17, 15) is 19.7 Å². The van der Waals surface area contributed by atoms with E-state index < -0.39 is 16.7 Å². The molecule has 2 N–H and O–H groups in total. The Morgan fingerprint density at radius 3 is 2.35 bits per heavy atom. The molecule has 0 aliphatic carbocycles. The highest BCUT2D eigenvalue weighted by Crippen LogP contribution is 2.15. The Morgan fingerprint density at radius 2 is 1.73 bits per heavy atom. The van der Waals surface area contributed by atoms with Crippen LogP contribution in [0.5, 0.6) is 0 Å². The molecular formula is C18H18N4O4. The lowest BCUT2D eigenvalue weighted by Gasteiger charge is -2.08. The van der Waals surface area contributed by atoms with Crippen molar-refractivity contribution < 1.29 is 14.5 Å². The van der Waals surface area contributed by atoms with E-state index in [4.69, 9.17) is 0 Å². The second-order valence-corrected chi connectivity index (χ2v) is 5.41. The second kappa shape index (κ2) is 8.52. The Bertz CT molecular complexity index is 860. The molecule has 0 atom stereocenters. The summed E-state index contributed by atoms with van der Waals surface area (Å²) in [6, 6.07) is 12.9. The predicted octanol–water partition coefficient (Wildman–Crippen LogP) is 2.64. The van der Waals surface area contributed by atoms with Gasteiger partial charge in [-0.15, -0.1) is 0 Å². The third-order valence-corrected chi connectivity index (χ3v) is 3.67. The number of anilines is 1. The van der Waals surface area contributed by atoms with Crippen molar-refractivity contribution >= 4 is 28.9 Å². The van der Waals surface area contributed by atoms with Gasteiger partial charge >= 0.3 is 11.8 Å². The Labute approximate surface area is 150 Å². The number of nitrogens with one attached hydrogen (secondary N) is 2. The van der Waals surface area contributed by atoms with E-state index in [-0.39, 0.29) is 5.69 Å². The van der Waals surface area contributed by atoms with Gasteiger partial charge in [-0.3, -0.25) is 19.7 Å². The Balaban J connectivity index is 2.00. The van der Waals surface area contributed by atoms with Crippen LogP contribution in [0.3, 0.4) is 0 Å². The lowest BCUT2D eigenvalue weighted by atomic mass is 10.1. The minimum Gasteiger partial charge on any atom is -0.317 e. The molecule has 0 saturated heterocycles. The first-order valence-corrected chi connectivity index (χ1v) is 7.90. The van der Waals surface area contributed by atoms with Gasteiger partial charge in [-0.05, 0) is 42.7 Å². The van der Waals surface area contributed by atoms with Crippen LogP contribution < -0.4 is 10.7 Å². The predicted molar refractivity (Wildman–Crippen MR) is 97.9 cm³/mol. The largest absolute Gasteiger partial charge is 0.329 e. The average Bonchev–Trinajstić information content (AvgIpc) is 2.66. The molecule has 0 bridgehead atoms. The van der Waals surface area contributed by atoms with E-state index in [1.165, 1.54) is 24.3 Å². The SMILES string of the molecule is CCc1ccccc1NC(=O)C(=O)N/N=C(\C)c1ccc([N+](=O)[O-])cc1. The fourth-order valence-electron chi connectivity index (χ4n) is 2.20. The van der Waals surface area contributed by atoms with Crippen molar-refractivity contribution in [3.05, 3.63) is 69.8 Å². The number of hydrogen-bond acceptors (Lipinski definition) is 5. The Kier molecular flexibility index (Phi) is 6.15. The zero-order valence-corrected chi connectivity index (χ0v) is 14.4. The first kappa shape index (κ1) is 18.8. The molecule has 0 fully saturated rings. The summed E-state index contributed by atoms with van der Waals surface area (Å²) < 4.78 is 0. The molecule has 0 spiro atoms. The van der Waals surface area contributed by atoms with Gasteiger partial charge in [0, 0.05) is 17.8 Å². The minimum absolute atomic E-state index is 0.0421. The summed E-state index contributed by atoms with van der Waals surface area (Å²) in [7, 11) is 0. The topological polar surface area (TPSA) is 114 Å². The summed E-state index contributed by atoms with van der Waals surface area (Å²) >= 11 is 0. The van der Waals surface area contributed by atoms with Crippen molar-refractivity contribution in [1.82, 2.24) is 5.43 Å². The maximum absolute atomic E-state index is 12.0. The fourth-order valence-corrected chi connectivity index (χ4v) is 2.20. The molecule has 0 saturated carbocycles. The van der Waals surface area contributed by atoms with Gasteiger partial charge in [-0.1, -0.05) is 25.1 Å². The van der Waals surface area contributed by atoms with Gasteiger partial charge in [-0.2, -0.15) is 5.10 Å². The lowest BCUT2D eigenvalue weighted by molar-refractivity contribution is -0.384. The Morgan fingerprint density at radius 1 is 1.08 bits per heavy atom. The molecule has 26 heavy (non-hydrogen) atoms. The maximum Gasteiger partial charge on any atom is 0.329 e. The molecular weight excluding hydrogens is 336 g/mol. The molecule has 8 heteroatoms. The van der Waals surface area contributed by atoms with E-state index in [0.29, 0.717) is 17.0 Å².